The fourth-order valence-electron chi connectivity index (χ4n) is 3.42. The smallest absolute Gasteiger partial charge is 0.340 e. The Labute approximate surface area is 178 Å². The molecule has 0 aliphatic rings. The number of benzene rings is 2. The maximum absolute atomic E-state index is 13.1. The van der Waals surface area contributed by atoms with Crippen molar-refractivity contribution in [3.8, 4) is 0 Å². The van der Waals surface area contributed by atoms with Crippen molar-refractivity contribution in [2.45, 2.75) is 25.5 Å². The van der Waals surface area contributed by atoms with Crippen molar-refractivity contribution in [1.29, 1.82) is 0 Å². The summed E-state index contributed by atoms with van der Waals surface area (Å²) < 4.78 is 52.2. The second-order valence-corrected chi connectivity index (χ2v) is 8.62. The number of Topliss-reactive ketones (excluding diaryl/α,β-unsaturated/α-hetero) is 1. The molecule has 9 heteroatoms. The number of halogens is 1. The van der Waals surface area contributed by atoms with E-state index in [4.69, 9.17) is 4.42 Å². The molecule has 1 heterocycles. The van der Waals surface area contributed by atoms with Crippen molar-refractivity contribution in [3.05, 3.63) is 75.9 Å². The molecule has 0 spiro atoms. The largest absolute Gasteiger partial charge is 0.422 e. The Balaban J connectivity index is 2.03. The molecule has 3 rings (SSSR count). The Morgan fingerprint density at radius 2 is 1.74 bits per heavy atom. The summed E-state index contributed by atoms with van der Waals surface area (Å²) >= 11 is 0. The number of hydrogen-bond donors (Lipinski definition) is 1. The van der Waals surface area contributed by atoms with E-state index in [-0.39, 0.29) is 16.7 Å². The summed E-state index contributed by atoms with van der Waals surface area (Å²) in [6.45, 7) is 5.48. The zero-order valence-corrected chi connectivity index (χ0v) is 17.9. The molecule has 0 saturated carbocycles. The van der Waals surface area contributed by atoms with Crippen LogP contribution in [0.15, 0.2) is 57.7 Å². The minimum absolute atomic E-state index is 0.0593. The minimum Gasteiger partial charge on any atom is -0.422 e. The van der Waals surface area contributed by atoms with E-state index in [1.165, 1.54) is 18.2 Å². The van der Waals surface area contributed by atoms with Gasteiger partial charge in [-0.2, -0.15) is 8.42 Å². The van der Waals surface area contributed by atoms with Crippen LogP contribution in [0.1, 0.15) is 41.4 Å². The molecule has 1 atom stereocenters. The molecule has 0 saturated heterocycles. The Bertz CT molecular complexity index is 1260. The van der Waals surface area contributed by atoms with Gasteiger partial charge in [-0.3, -0.25) is 9.35 Å². The van der Waals surface area contributed by atoms with Gasteiger partial charge in [-0.25, -0.2) is 9.18 Å². The van der Waals surface area contributed by atoms with Crippen molar-refractivity contribution in [3.63, 3.8) is 0 Å². The lowest BCUT2D eigenvalue weighted by atomic mass is 10.0. The van der Waals surface area contributed by atoms with Gasteiger partial charge in [0.25, 0.3) is 10.1 Å². The van der Waals surface area contributed by atoms with Gasteiger partial charge in [0.15, 0.2) is 5.78 Å². The maximum atomic E-state index is 13.1. The van der Waals surface area contributed by atoms with Gasteiger partial charge < -0.3 is 9.32 Å². The molecule has 1 aromatic heterocycles. The normalized spacial score (nSPS) is 12.6. The molecule has 7 nitrogen and oxygen atoms in total. The van der Waals surface area contributed by atoms with Crippen LogP contribution in [0.5, 0.6) is 0 Å². The predicted octanol–water partition coefficient (Wildman–Crippen LogP) is 3.98. The molecule has 1 unspecified atom stereocenters. The first-order valence-corrected chi connectivity index (χ1v) is 11.2. The van der Waals surface area contributed by atoms with Gasteiger partial charge in [-0.05, 0) is 56.3 Å². The third-order valence-electron chi connectivity index (χ3n) is 5.12. The maximum Gasteiger partial charge on any atom is 0.340 e. The molecule has 164 valence electrons. The van der Waals surface area contributed by atoms with Gasteiger partial charge in [-0.1, -0.05) is 0 Å². The first-order chi connectivity index (χ1) is 14.6. The molecule has 0 radical (unpaired) electrons. The van der Waals surface area contributed by atoms with Crippen molar-refractivity contribution in [2.24, 2.45) is 0 Å². The van der Waals surface area contributed by atoms with Crippen LogP contribution in [0.3, 0.4) is 0 Å². The topological polar surface area (TPSA) is 105 Å². The Morgan fingerprint density at radius 1 is 1.10 bits per heavy atom. The summed E-state index contributed by atoms with van der Waals surface area (Å²) in [5.41, 5.74) is -0.146. The first-order valence-electron chi connectivity index (χ1n) is 9.71. The molecule has 0 bridgehead atoms. The van der Waals surface area contributed by atoms with Crippen LogP contribution >= 0.6 is 0 Å². The molecular weight excluding hydrogens is 425 g/mol. The average molecular weight is 447 g/mol. The lowest BCUT2D eigenvalue weighted by Gasteiger charge is -2.21. The lowest BCUT2D eigenvalue weighted by molar-refractivity contribution is 0.0979. The Kier molecular flexibility index (Phi) is 6.56. The second kappa shape index (κ2) is 8.99. The van der Waals surface area contributed by atoms with Gasteiger partial charge in [0.05, 0.1) is 5.56 Å². The number of fused-ring (bicyclic) bond motifs is 1. The van der Waals surface area contributed by atoms with Crippen LogP contribution in [0.4, 0.5) is 10.1 Å². The highest BCUT2D eigenvalue weighted by Crippen LogP contribution is 2.29. The fourth-order valence-corrected chi connectivity index (χ4v) is 4.27. The van der Waals surface area contributed by atoms with Gasteiger partial charge >= 0.3 is 5.63 Å². The number of anilines is 1. The van der Waals surface area contributed by atoms with E-state index >= 15 is 0 Å². The molecule has 3 aromatic rings. The van der Waals surface area contributed by atoms with Crippen molar-refractivity contribution in [1.82, 2.24) is 0 Å². The third kappa shape index (κ3) is 5.00. The van der Waals surface area contributed by atoms with E-state index in [9.17, 15) is 27.0 Å². The van der Waals surface area contributed by atoms with E-state index in [2.05, 4.69) is 4.90 Å². The quantitative estimate of drug-likeness (QED) is 0.316. The zero-order valence-electron chi connectivity index (χ0n) is 17.0. The van der Waals surface area contributed by atoms with Crippen LogP contribution in [-0.4, -0.2) is 31.8 Å². The van der Waals surface area contributed by atoms with Gasteiger partial charge in [-0.15, -0.1) is 0 Å². The standard InChI is InChI=1S/C22H22FNO6S/c1-3-24(4-2)17-10-7-15-11-18(22(26)30-20(15)12-17)21(31(27,28)29)13-19(25)14-5-8-16(23)9-6-14/h5-12,21H,3-4,13H2,1-2H3,(H,27,28,29). The van der Waals surface area contributed by atoms with Crippen LogP contribution in [0.2, 0.25) is 0 Å². The SMILES string of the molecule is CCN(CC)c1ccc2cc(C(CC(=O)c3ccc(F)cc3)S(=O)(=O)O)c(=O)oc2c1. The lowest BCUT2D eigenvalue weighted by Crippen LogP contribution is -2.23. The van der Waals surface area contributed by atoms with Crippen LogP contribution in [-0.2, 0) is 10.1 Å². The van der Waals surface area contributed by atoms with Gasteiger partial charge in [0.1, 0.15) is 16.7 Å². The molecule has 0 amide bonds. The third-order valence-corrected chi connectivity index (χ3v) is 6.26. The minimum atomic E-state index is -4.81. The number of ketones is 1. The molecule has 1 N–H and O–H groups in total. The second-order valence-electron chi connectivity index (χ2n) is 7.02. The van der Waals surface area contributed by atoms with E-state index < -0.39 is 39.0 Å². The Morgan fingerprint density at radius 3 is 2.32 bits per heavy atom. The monoisotopic (exact) mass is 447 g/mol. The number of hydrogen-bond acceptors (Lipinski definition) is 6. The Hall–Kier alpha value is -3.04. The molecule has 0 aliphatic heterocycles. The summed E-state index contributed by atoms with van der Waals surface area (Å²) in [5.74, 6) is -1.22. The summed E-state index contributed by atoms with van der Waals surface area (Å²) in [6, 6.07) is 11.0. The summed E-state index contributed by atoms with van der Waals surface area (Å²) in [6.07, 6.45) is -0.696. The van der Waals surface area contributed by atoms with Gasteiger partial charge in [0.2, 0.25) is 0 Å². The predicted molar refractivity (Wildman–Crippen MR) is 116 cm³/mol. The first kappa shape index (κ1) is 22.6. The van der Waals surface area contributed by atoms with E-state index in [0.717, 1.165) is 30.9 Å². The molecular formula is C22H22FNO6S. The number of rotatable bonds is 8. The van der Waals surface area contributed by atoms with Crippen LogP contribution in [0, 0.1) is 5.82 Å². The van der Waals surface area contributed by atoms with Crippen molar-refractivity contribution < 1.29 is 26.6 Å². The molecule has 2 aromatic carbocycles. The summed E-state index contributed by atoms with van der Waals surface area (Å²) in [7, 11) is -4.81. The summed E-state index contributed by atoms with van der Waals surface area (Å²) in [5, 5.41) is -1.36. The van der Waals surface area contributed by atoms with E-state index in [1.54, 1.807) is 12.1 Å². The highest BCUT2D eigenvalue weighted by molar-refractivity contribution is 7.86. The zero-order chi connectivity index (χ0) is 22.8. The fraction of sp³-hybridized carbons (Fsp3) is 0.273. The number of carbonyl (C=O) groups is 1. The van der Waals surface area contributed by atoms with Crippen LogP contribution in [0.25, 0.3) is 11.0 Å². The van der Waals surface area contributed by atoms with Crippen molar-refractivity contribution in [2.75, 3.05) is 18.0 Å². The van der Waals surface area contributed by atoms with E-state index in [0.29, 0.717) is 5.39 Å². The summed E-state index contributed by atoms with van der Waals surface area (Å²) in [4.78, 5) is 27.1. The number of carbonyl (C=O) groups excluding carboxylic acids is 1. The molecule has 0 aliphatic carbocycles. The number of nitrogens with zero attached hydrogens (tertiary/aromatic N) is 1. The highest BCUT2D eigenvalue weighted by atomic mass is 32.2. The van der Waals surface area contributed by atoms with Gasteiger partial charge in [0, 0.05) is 42.2 Å². The van der Waals surface area contributed by atoms with E-state index in [1.807, 2.05) is 19.9 Å². The molecule has 0 fully saturated rings. The average Bonchev–Trinajstić information content (AvgIpc) is 2.72. The van der Waals surface area contributed by atoms with Crippen LogP contribution < -0.4 is 10.5 Å². The highest BCUT2D eigenvalue weighted by Gasteiger charge is 2.32. The van der Waals surface area contributed by atoms with Crippen molar-refractivity contribution >= 4 is 32.6 Å². The molecule has 31 heavy (non-hydrogen) atoms.